The standard InChI is InChI=1S/C23H27N3O3S/c1-29-18-4-2-17(3-5-18)21(28)24-12-20(27)26-22-25-19(13-30-22)23-9-14-6-15(10-23)8-16(7-14)11-23/h2-5,13-16H,6-12H2,1H3,(H,24,28)(H,25,26,27). The second kappa shape index (κ2) is 7.69. The van der Waals surface area contributed by atoms with Gasteiger partial charge in [0.25, 0.3) is 5.91 Å². The summed E-state index contributed by atoms with van der Waals surface area (Å²) in [5, 5.41) is 8.28. The minimum atomic E-state index is -0.291. The second-order valence-corrected chi connectivity index (χ2v) is 10.1. The van der Waals surface area contributed by atoms with Crippen LogP contribution in [0, 0.1) is 17.8 Å². The number of amides is 2. The number of methoxy groups -OCH3 is 1. The van der Waals surface area contributed by atoms with Crippen molar-refractivity contribution in [1.82, 2.24) is 10.3 Å². The largest absolute Gasteiger partial charge is 0.497 e. The van der Waals surface area contributed by atoms with Gasteiger partial charge in [-0.2, -0.15) is 0 Å². The molecule has 4 bridgehead atoms. The van der Waals surface area contributed by atoms with E-state index in [9.17, 15) is 9.59 Å². The van der Waals surface area contributed by atoms with Gasteiger partial charge >= 0.3 is 0 Å². The number of hydrogen-bond acceptors (Lipinski definition) is 5. The topological polar surface area (TPSA) is 80.3 Å². The van der Waals surface area contributed by atoms with Gasteiger partial charge in [0.05, 0.1) is 19.3 Å². The van der Waals surface area contributed by atoms with Gasteiger partial charge in [-0.3, -0.25) is 9.59 Å². The molecule has 6 nitrogen and oxygen atoms in total. The molecular weight excluding hydrogens is 398 g/mol. The summed E-state index contributed by atoms with van der Waals surface area (Å²) in [5.41, 5.74) is 1.89. The first-order chi connectivity index (χ1) is 14.5. The van der Waals surface area contributed by atoms with Crippen LogP contribution >= 0.6 is 11.3 Å². The van der Waals surface area contributed by atoms with Crippen LogP contribution in [-0.4, -0.2) is 30.5 Å². The molecule has 2 N–H and O–H groups in total. The van der Waals surface area contributed by atoms with E-state index in [1.165, 1.54) is 55.6 Å². The molecule has 0 unspecified atom stereocenters. The van der Waals surface area contributed by atoms with Crippen molar-refractivity contribution in [2.45, 2.75) is 43.9 Å². The number of carbonyl (C=O) groups is 2. The Kier molecular flexibility index (Phi) is 5.01. The maximum atomic E-state index is 12.3. The van der Waals surface area contributed by atoms with Gasteiger partial charge in [-0.05, 0) is 80.5 Å². The molecular formula is C23H27N3O3S. The summed E-state index contributed by atoms with van der Waals surface area (Å²) in [4.78, 5) is 29.4. The summed E-state index contributed by atoms with van der Waals surface area (Å²) in [6, 6.07) is 6.78. The van der Waals surface area contributed by atoms with Crippen molar-refractivity contribution in [3.63, 3.8) is 0 Å². The van der Waals surface area contributed by atoms with E-state index in [0.717, 1.165) is 17.8 Å². The predicted octanol–water partition coefficient (Wildman–Crippen LogP) is 3.99. The van der Waals surface area contributed by atoms with Gasteiger partial charge < -0.3 is 15.4 Å². The fourth-order valence-electron chi connectivity index (χ4n) is 6.17. The van der Waals surface area contributed by atoms with Crippen LogP contribution in [0.2, 0.25) is 0 Å². The van der Waals surface area contributed by atoms with Crippen LogP contribution < -0.4 is 15.4 Å². The summed E-state index contributed by atoms with van der Waals surface area (Å²) < 4.78 is 5.09. The predicted molar refractivity (Wildman–Crippen MR) is 116 cm³/mol. The number of hydrogen-bond donors (Lipinski definition) is 2. The van der Waals surface area contributed by atoms with Gasteiger partial charge in [-0.25, -0.2) is 4.98 Å². The third kappa shape index (κ3) is 3.71. The quantitative estimate of drug-likeness (QED) is 0.733. The number of nitrogens with one attached hydrogen (secondary N) is 2. The van der Waals surface area contributed by atoms with E-state index in [4.69, 9.17) is 9.72 Å². The van der Waals surface area contributed by atoms with Crippen LogP contribution in [0.4, 0.5) is 5.13 Å². The molecule has 4 saturated carbocycles. The van der Waals surface area contributed by atoms with E-state index >= 15 is 0 Å². The summed E-state index contributed by atoms with van der Waals surface area (Å²) in [6.07, 6.45) is 7.98. The van der Waals surface area contributed by atoms with Crippen molar-refractivity contribution in [1.29, 1.82) is 0 Å². The molecule has 2 amide bonds. The van der Waals surface area contributed by atoms with Gasteiger partial charge in [-0.15, -0.1) is 11.3 Å². The van der Waals surface area contributed by atoms with Crippen molar-refractivity contribution >= 4 is 28.3 Å². The van der Waals surface area contributed by atoms with Crippen molar-refractivity contribution in [2.75, 3.05) is 19.0 Å². The molecule has 0 radical (unpaired) electrons. The first-order valence-corrected chi connectivity index (χ1v) is 11.6. The first kappa shape index (κ1) is 19.5. The number of benzene rings is 1. The van der Waals surface area contributed by atoms with Gasteiger partial charge in [0.1, 0.15) is 5.75 Å². The number of rotatable bonds is 6. The Balaban J connectivity index is 1.17. The average Bonchev–Trinajstić information content (AvgIpc) is 3.20. The average molecular weight is 426 g/mol. The second-order valence-electron chi connectivity index (χ2n) is 9.20. The molecule has 4 aliphatic carbocycles. The minimum absolute atomic E-state index is 0.0862. The van der Waals surface area contributed by atoms with E-state index in [2.05, 4.69) is 16.0 Å². The molecule has 7 heteroatoms. The Labute approximate surface area is 180 Å². The monoisotopic (exact) mass is 425 g/mol. The summed E-state index contributed by atoms with van der Waals surface area (Å²) in [7, 11) is 1.58. The summed E-state index contributed by atoms with van der Waals surface area (Å²) in [5.74, 6) is 2.73. The van der Waals surface area contributed by atoms with Gasteiger partial charge in [0.15, 0.2) is 5.13 Å². The summed E-state index contributed by atoms with van der Waals surface area (Å²) in [6.45, 7) is -0.0862. The first-order valence-electron chi connectivity index (χ1n) is 10.7. The van der Waals surface area contributed by atoms with Crippen LogP contribution in [0.1, 0.15) is 54.6 Å². The zero-order chi connectivity index (χ0) is 20.7. The zero-order valence-electron chi connectivity index (χ0n) is 17.1. The van der Waals surface area contributed by atoms with Gasteiger partial charge in [0.2, 0.25) is 5.91 Å². The lowest BCUT2D eigenvalue weighted by molar-refractivity contribution is -0.115. The van der Waals surface area contributed by atoms with Crippen molar-refractivity contribution < 1.29 is 14.3 Å². The summed E-state index contributed by atoms with van der Waals surface area (Å²) >= 11 is 1.49. The SMILES string of the molecule is COc1ccc(C(=O)NCC(=O)Nc2nc(C34CC5CC(CC(C5)C3)C4)cs2)cc1. The van der Waals surface area contributed by atoms with Crippen molar-refractivity contribution in [3.8, 4) is 5.75 Å². The molecule has 1 heterocycles. The number of anilines is 1. The van der Waals surface area contributed by atoms with Crippen molar-refractivity contribution in [2.24, 2.45) is 17.8 Å². The fourth-order valence-corrected chi connectivity index (χ4v) is 7.02. The van der Waals surface area contributed by atoms with Crippen LogP contribution in [0.15, 0.2) is 29.6 Å². The molecule has 0 saturated heterocycles. The minimum Gasteiger partial charge on any atom is -0.497 e. The van der Waals surface area contributed by atoms with Gasteiger partial charge in [-0.1, -0.05) is 0 Å². The number of ether oxygens (including phenoxy) is 1. The van der Waals surface area contributed by atoms with Crippen LogP contribution in [0.25, 0.3) is 0 Å². The lowest BCUT2D eigenvalue weighted by Gasteiger charge is -2.56. The third-order valence-electron chi connectivity index (χ3n) is 7.09. The Morgan fingerprint density at radius 1 is 1.10 bits per heavy atom. The maximum Gasteiger partial charge on any atom is 0.251 e. The molecule has 0 atom stereocenters. The number of nitrogens with zero attached hydrogens (tertiary/aromatic N) is 1. The van der Waals surface area contributed by atoms with E-state index < -0.39 is 0 Å². The van der Waals surface area contributed by atoms with Crippen LogP contribution in [0.5, 0.6) is 5.75 Å². The van der Waals surface area contributed by atoms with E-state index in [1.54, 1.807) is 31.4 Å². The lowest BCUT2D eigenvalue weighted by atomic mass is 9.49. The Morgan fingerprint density at radius 3 is 2.33 bits per heavy atom. The molecule has 2 aromatic rings. The fraction of sp³-hybridized carbons (Fsp3) is 0.522. The molecule has 1 aromatic heterocycles. The maximum absolute atomic E-state index is 12.3. The highest BCUT2D eigenvalue weighted by atomic mass is 32.1. The smallest absolute Gasteiger partial charge is 0.251 e. The van der Waals surface area contributed by atoms with Crippen LogP contribution in [-0.2, 0) is 10.2 Å². The molecule has 0 aliphatic heterocycles. The molecule has 30 heavy (non-hydrogen) atoms. The molecule has 1 aromatic carbocycles. The normalized spacial score (nSPS) is 28.9. The third-order valence-corrected chi connectivity index (χ3v) is 7.85. The van der Waals surface area contributed by atoms with Crippen LogP contribution in [0.3, 0.4) is 0 Å². The number of thiazole rings is 1. The highest BCUT2D eigenvalue weighted by Crippen LogP contribution is 2.60. The van der Waals surface area contributed by atoms with Gasteiger partial charge in [0, 0.05) is 16.4 Å². The van der Waals surface area contributed by atoms with E-state index in [1.807, 2.05) is 0 Å². The molecule has 4 aliphatic rings. The molecule has 4 fully saturated rings. The molecule has 0 spiro atoms. The molecule has 158 valence electrons. The Bertz CT molecular complexity index is 918. The van der Waals surface area contributed by atoms with E-state index in [0.29, 0.717) is 16.4 Å². The number of carbonyl (C=O) groups excluding carboxylic acids is 2. The van der Waals surface area contributed by atoms with E-state index in [-0.39, 0.29) is 23.8 Å². The highest BCUT2D eigenvalue weighted by Gasteiger charge is 2.52. The number of aromatic nitrogens is 1. The Hall–Kier alpha value is -2.41. The van der Waals surface area contributed by atoms with Crippen molar-refractivity contribution in [3.05, 3.63) is 40.9 Å². The lowest BCUT2D eigenvalue weighted by Crippen LogP contribution is -2.48. The zero-order valence-corrected chi connectivity index (χ0v) is 18.0. The highest BCUT2D eigenvalue weighted by molar-refractivity contribution is 7.14. The molecule has 6 rings (SSSR count). The Morgan fingerprint density at radius 2 is 1.73 bits per heavy atom.